The number of hydrogen-bond acceptors (Lipinski definition) is 4. The van der Waals surface area contributed by atoms with E-state index in [-0.39, 0.29) is 11.1 Å². The first-order valence-electron chi connectivity index (χ1n) is 5.38. The Labute approximate surface area is 109 Å². The van der Waals surface area contributed by atoms with Gasteiger partial charge in [0.15, 0.2) is 0 Å². The van der Waals surface area contributed by atoms with Crippen molar-refractivity contribution in [2.45, 2.75) is 19.9 Å². The average molecular weight is 283 g/mol. The highest BCUT2D eigenvalue weighted by atomic mass is 32.2. The van der Waals surface area contributed by atoms with Gasteiger partial charge in [0.05, 0.1) is 11.1 Å². The second-order valence-corrected chi connectivity index (χ2v) is 5.81. The molecule has 1 aromatic rings. The van der Waals surface area contributed by atoms with Crippen molar-refractivity contribution in [2.24, 2.45) is 0 Å². The second-order valence-electron chi connectivity index (χ2n) is 4.26. The van der Waals surface area contributed by atoms with Crippen LogP contribution in [0.5, 0.6) is 0 Å². The number of amides is 1. The molecule has 0 aliphatic carbocycles. The summed E-state index contributed by atoms with van der Waals surface area (Å²) in [7, 11) is -4.15. The molecular formula is C11H10FN3O3S. The van der Waals surface area contributed by atoms with Crippen molar-refractivity contribution < 1.29 is 17.6 Å². The number of halogens is 1. The SMILES string of the molecule is CC(C)N1C(=O)c2c(C#N)ccc(F)c2NS1(=O)=O. The number of rotatable bonds is 1. The molecule has 0 radical (unpaired) electrons. The maximum atomic E-state index is 13.6. The van der Waals surface area contributed by atoms with Gasteiger partial charge in [-0.05, 0) is 26.0 Å². The Bertz CT molecular complexity index is 707. The Kier molecular flexibility index (Phi) is 2.94. The van der Waals surface area contributed by atoms with Crippen LogP contribution in [0.15, 0.2) is 12.1 Å². The van der Waals surface area contributed by atoms with E-state index >= 15 is 0 Å². The van der Waals surface area contributed by atoms with E-state index in [1.165, 1.54) is 13.8 Å². The summed E-state index contributed by atoms with van der Waals surface area (Å²) in [5.74, 6) is -1.80. The molecule has 100 valence electrons. The number of benzene rings is 1. The fourth-order valence-electron chi connectivity index (χ4n) is 1.90. The monoisotopic (exact) mass is 283 g/mol. The molecule has 0 saturated carbocycles. The Hall–Kier alpha value is -2.14. The molecule has 6 nitrogen and oxygen atoms in total. The van der Waals surface area contributed by atoms with Gasteiger partial charge in [-0.1, -0.05) is 0 Å². The predicted octanol–water partition coefficient (Wildman–Crippen LogP) is 1.22. The number of anilines is 1. The van der Waals surface area contributed by atoms with E-state index in [2.05, 4.69) is 0 Å². The standard InChI is InChI=1S/C11H10FN3O3S/c1-6(2)15-11(16)9-7(5-13)3-4-8(12)10(9)14-19(15,17)18/h3-4,6,14H,1-2H3. The first-order chi connectivity index (χ1) is 8.79. The van der Waals surface area contributed by atoms with Gasteiger partial charge < -0.3 is 0 Å². The molecule has 1 aromatic carbocycles. The van der Waals surface area contributed by atoms with E-state index in [1.54, 1.807) is 6.07 Å². The van der Waals surface area contributed by atoms with E-state index in [9.17, 15) is 17.6 Å². The van der Waals surface area contributed by atoms with Crippen LogP contribution in [0.2, 0.25) is 0 Å². The number of fused-ring (bicyclic) bond motifs is 1. The number of carbonyl (C=O) groups excluding carboxylic acids is 1. The predicted molar refractivity (Wildman–Crippen MR) is 65.0 cm³/mol. The molecule has 1 aliphatic rings. The summed E-state index contributed by atoms with van der Waals surface area (Å²) in [4.78, 5) is 12.2. The van der Waals surface area contributed by atoms with Gasteiger partial charge in [-0.2, -0.15) is 13.7 Å². The van der Waals surface area contributed by atoms with Crippen LogP contribution in [0.4, 0.5) is 10.1 Å². The quantitative estimate of drug-likeness (QED) is 0.839. The van der Waals surface area contributed by atoms with Crippen molar-refractivity contribution in [1.82, 2.24) is 4.31 Å². The smallest absolute Gasteiger partial charge is 0.268 e. The van der Waals surface area contributed by atoms with Crippen molar-refractivity contribution in [2.75, 3.05) is 4.72 Å². The third-order valence-corrected chi connectivity index (χ3v) is 4.22. The van der Waals surface area contributed by atoms with Crippen molar-refractivity contribution in [3.05, 3.63) is 29.1 Å². The average Bonchev–Trinajstić information content (AvgIpc) is 2.29. The zero-order valence-corrected chi connectivity index (χ0v) is 11.0. The summed E-state index contributed by atoms with van der Waals surface area (Å²) in [6.07, 6.45) is 0. The third kappa shape index (κ3) is 1.92. The minimum atomic E-state index is -4.15. The molecular weight excluding hydrogens is 273 g/mol. The normalized spacial score (nSPS) is 16.8. The summed E-state index contributed by atoms with van der Waals surface area (Å²) in [6, 6.07) is 3.19. The molecule has 0 aromatic heterocycles. The number of nitriles is 1. The number of hydrogen-bond donors (Lipinski definition) is 1. The Morgan fingerprint density at radius 2 is 2.05 bits per heavy atom. The van der Waals surface area contributed by atoms with E-state index in [1.807, 2.05) is 4.72 Å². The largest absolute Gasteiger partial charge is 0.326 e. The number of nitrogens with one attached hydrogen (secondary N) is 1. The van der Waals surface area contributed by atoms with E-state index in [0.29, 0.717) is 4.31 Å². The summed E-state index contributed by atoms with van der Waals surface area (Å²) >= 11 is 0. The van der Waals surface area contributed by atoms with Crippen LogP contribution in [0, 0.1) is 17.1 Å². The molecule has 1 N–H and O–H groups in total. The van der Waals surface area contributed by atoms with Crippen LogP contribution in [0.3, 0.4) is 0 Å². The van der Waals surface area contributed by atoms with Crippen LogP contribution in [0.1, 0.15) is 29.8 Å². The lowest BCUT2D eigenvalue weighted by atomic mass is 10.0. The van der Waals surface area contributed by atoms with Gasteiger partial charge in [0, 0.05) is 6.04 Å². The Morgan fingerprint density at radius 1 is 1.42 bits per heavy atom. The summed E-state index contributed by atoms with van der Waals surface area (Å²) in [5, 5.41) is 8.94. The topological polar surface area (TPSA) is 90.3 Å². The molecule has 1 aliphatic heterocycles. The Morgan fingerprint density at radius 3 is 2.58 bits per heavy atom. The highest BCUT2D eigenvalue weighted by Crippen LogP contribution is 2.32. The zero-order valence-electron chi connectivity index (χ0n) is 10.1. The van der Waals surface area contributed by atoms with Crippen LogP contribution < -0.4 is 4.72 Å². The van der Waals surface area contributed by atoms with Gasteiger partial charge in [-0.3, -0.25) is 9.52 Å². The van der Waals surface area contributed by atoms with Crippen molar-refractivity contribution in [3.8, 4) is 6.07 Å². The lowest BCUT2D eigenvalue weighted by Gasteiger charge is -2.32. The molecule has 2 rings (SSSR count). The van der Waals surface area contributed by atoms with Crippen LogP contribution >= 0.6 is 0 Å². The van der Waals surface area contributed by atoms with Crippen molar-refractivity contribution in [1.29, 1.82) is 5.26 Å². The lowest BCUT2D eigenvalue weighted by Crippen LogP contribution is -2.48. The molecule has 1 amide bonds. The maximum Gasteiger partial charge on any atom is 0.326 e. The fourth-order valence-corrected chi connectivity index (χ4v) is 3.32. The van der Waals surface area contributed by atoms with Gasteiger partial charge in [-0.15, -0.1) is 0 Å². The van der Waals surface area contributed by atoms with Gasteiger partial charge in [0.1, 0.15) is 17.6 Å². The lowest BCUT2D eigenvalue weighted by molar-refractivity contribution is 0.0833. The number of nitrogens with zero attached hydrogens (tertiary/aromatic N) is 2. The van der Waals surface area contributed by atoms with Gasteiger partial charge in [-0.25, -0.2) is 8.70 Å². The summed E-state index contributed by atoms with van der Waals surface area (Å²) in [6.45, 7) is 3.01. The van der Waals surface area contributed by atoms with E-state index < -0.39 is 33.7 Å². The fraction of sp³-hybridized carbons (Fsp3) is 0.273. The van der Waals surface area contributed by atoms with Crippen molar-refractivity contribution >= 4 is 21.8 Å². The Balaban J connectivity index is 2.78. The van der Waals surface area contributed by atoms with E-state index in [0.717, 1.165) is 12.1 Å². The minimum absolute atomic E-state index is 0.0746. The maximum absolute atomic E-state index is 13.6. The van der Waals surface area contributed by atoms with Gasteiger partial charge >= 0.3 is 10.2 Å². The molecule has 0 fully saturated rings. The first-order valence-corrected chi connectivity index (χ1v) is 6.82. The van der Waals surface area contributed by atoms with Crippen LogP contribution in [0.25, 0.3) is 0 Å². The van der Waals surface area contributed by atoms with Crippen molar-refractivity contribution in [3.63, 3.8) is 0 Å². The molecule has 19 heavy (non-hydrogen) atoms. The molecule has 0 spiro atoms. The highest BCUT2D eigenvalue weighted by Gasteiger charge is 2.40. The number of carbonyl (C=O) groups is 1. The molecule has 8 heteroatoms. The summed E-state index contributed by atoms with van der Waals surface area (Å²) < 4.78 is 40.0. The molecule has 0 unspecified atom stereocenters. The zero-order chi connectivity index (χ0) is 14.4. The highest BCUT2D eigenvalue weighted by molar-refractivity contribution is 7.91. The molecule has 0 saturated heterocycles. The third-order valence-electron chi connectivity index (χ3n) is 2.65. The van der Waals surface area contributed by atoms with E-state index in [4.69, 9.17) is 5.26 Å². The second kappa shape index (κ2) is 4.20. The van der Waals surface area contributed by atoms with Gasteiger partial charge in [0.2, 0.25) is 0 Å². The van der Waals surface area contributed by atoms with Crippen LogP contribution in [-0.4, -0.2) is 24.7 Å². The molecule has 0 bridgehead atoms. The van der Waals surface area contributed by atoms with Crippen LogP contribution in [-0.2, 0) is 10.2 Å². The first kappa shape index (κ1) is 13.3. The summed E-state index contributed by atoms with van der Waals surface area (Å²) in [5.41, 5.74) is -0.804. The molecule has 1 heterocycles. The van der Waals surface area contributed by atoms with Gasteiger partial charge in [0.25, 0.3) is 5.91 Å². The molecule has 0 atom stereocenters. The minimum Gasteiger partial charge on any atom is -0.268 e.